The first kappa shape index (κ1) is 21.3. The normalized spacial score (nSPS) is 21.7. The van der Waals surface area contributed by atoms with Crippen molar-refractivity contribution in [1.29, 1.82) is 0 Å². The zero-order chi connectivity index (χ0) is 23.8. The summed E-state index contributed by atoms with van der Waals surface area (Å²) in [5, 5.41) is 6.11. The van der Waals surface area contributed by atoms with Gasteiger partial charge in [0.1, 0.15) is 17.6 Å². The van der Waals surface area contributed by atoms with E-state index in [2.05, 4.69) is 0 Å². The number of hydrogen-bond acceptors (Lipinski definition) is 8. The molecule has 1 saturated carbocycles. The summed E-state index contributed by atoms with van der Waals surface area (Å²) in [5.41, 5.74) is 2.14. The molecule has 2 unspecified atom stereocenters. The number of benzene rings is 1. The lowest BCUT2D eigenvalue weighted by Crippen LogP contribution is -2.34. The number of furan rings is 2. The maximum absolute atomic E-state index is 13.3. The minimum absolute atomic E-state index is 0.0235. The Kier molecular flexibility index (Phi) is 5.36. The fraction of sp³-hybridized carbons (Fsp3) is 0.269. The van der Waals surface area contributed by atoms with Gasteiger partial charge in [0.15, 0.2) is 18.1 Å². The maximum Gasteiger partial charge on any atom is 0.338 e. The van der Waals surface area contributed by atoms with Crippen molar-refractivity contribution in [1.82, 2.24) is 5.01 Å². The summed E-state index contributed by atoms with van der Waals surface area (Å²) in [4.78, 5) is 25.8. The van der Waals surface area contributed by atoms with Crippen LogP contribution in [0.5, 0.6) is 11.5 Å². The Labute approximate surface area is 200 Å². The van der Waals surface area contributed by atoms with Crippen LogP contribution >= 0.6 is 0 Å². The van der Waals surface area contributed by atoms with Crippen LogP contribution in [-0.4, -0.2) is 36.0 Å². The third-order valence-electron chi connectivity index (χ3n) is 6.39. The van der Waals surface area contributed by atoms with E-state index in [4.69, 9.17) is 28.1 Å². The summed E-state index contributed by atoms with van der Waals surface area (Å²) in [6.45, 7) is -0.349. The smallest absolute Gasteiger partial charge is 0.338 e. The number of hydrogen-bond donors (Lipinski definition) is 0. The van der Waals surface area contributed by atoms with Crippen molar-refractivity contribution >= 4 is 23.7 Å². The van der Waals surface area contributed by atoms with E-state index in [-0.39, 0.29) is 18.3 Å². The molecule has 178 valence electrons. The Bertz CT molecular complexity index is 1310. The minimum Gasteiger partial charge on any atom is -0.467 e. The number of allylic oxidation sites excluding steroid dienone is 1. The summed E-state index contributed by atoms with van der Waals surface area (Å²) in [5.74, 6) is 1.32. The highest BCUT2D eigenvalue weighted by molar-refractivity contribution is 6.08. The largest absolute Gasteiger partial charge is 0.467 e. The Balaban J connectivity index is 1.23. The minimum atomic E-state index is -0.631. The van der Waals surface area contributed by atoms with Crippen LogP contribution in [0.15, 0.2) is 74.5 Å². The van der Waals surface area contributed by atoms with Gasteiger partial charge < -0.3 is 23.0 Å². The number of hydrazone groups is 1. The predicted molar refractivity (Wildman–Crippen MR) is 123 cm³/mol. The van der Waals surface area contributed by atoms with Gasteiger partial charge in [0.05, 0.1) is 23.8 Å². The molecule has 9 heteroatoms. The number of nitrogens with zero attached hydrogens (tertiary/aromatic N) is 2. The molecule has 1 aromatic carbocycles. The fourth-order valence-electron chi connectivity index (χ4n) is 4.79. The van der Waals surface area contributed by atoms with Gasteiger partial charge >= 0.3 is 5.97 Å². The van der Waals surface area contributed by atoms with Crippen LogP contribution < -0.4 is 9.47 Å². The zero-order valence-electron chi connectivity index (χ0n) is 18.7. The van der Waals surface area contributed by atoms with Crippen LogP contribution in [0.1, 0.15) is 47.2 Å². The summed E-state index contributed by atoms with van der Waals surface area (Å²) >= 11 is 0. The van der Waals surface area contributed by atoms with Gasteiger partial charge in [-0.2, -0.15) is 5.10 Å². The van der Waals surface area contributed by atoms with E-state index in [0.29, 0.717) is 17.3 Å². The standard InChI is InChI=1S/C26H22N2O7/c29-23(14-33-26(30)17-8-9-20-22(13-17)35-15-34-20)28-25(21-7-3-11-32-21)19-6-1-4-16(24(19)27-28)12-18-5-2-10-31-18/h2-3,5,7-13,19,25H,1,4,6,14-15H2/b16-12+. The highest BCUT2D eigenvalue weighted by Gasteiger charge is 2.45. The summed E-state index contributed by atoms with van der Waals surface area (Å²) in [7, 11) is 0. The number of amides is 1. The second-order valence-electron chi connectivity index (χ2n) is 8.51. The van der Waals surface area contributed by atoms with Crippen molar-refractivity contribution < 1.29 is 32.6 Å². The molecule has 2 aliphatic heterocycles. The van der Waals surface area contributed by atoms with Crippen LogP contribution in [-0.2, 0) is 9.53 Å². The number of esters is 1. The molecule has 1 aliphatic carbocycles. The van der Waals surface area contributed by atoms with Crippen molar-refractivity contribution in [2.24, 2.45) is 11.0 Å². The van der Waals surface area contributed by atoms with Crippen molar-refractivity contribution in [3.8, 4) is 11.5 Å². The van der Waals surface area contributed by atoms with Crippen molar-refractivity contribution in [2.45, 2.75) is 25.3 Å². The highest BCUT2D eigenvalue weighted by Crippen LogP contribution is 2.44. The molecule has 9 nitrogen and oxygen atoms in total. The van der Waals surface area contributed by atoms with Crippen LogP contribution in [0.25, 0.3) is 6.08 Å². The molecule has 0 bridgehead atoms. The first-order valence-electron chi connectivity index (χ1n) is 11.4. The van der Waals surface area contributed by atoms with E-state index in [1.54, 1.807) is 30.7 Å². The van der Waals surface area contributed by atoms with Crippen LogP contribution in [0, 0.1) is 5.92 Å². The SMILES string of the molecule is O=C(OCC(=O)N1N=C2/C(=C/c3ccco3)CCCC2C1c1ccco1)c1ccc2c(c1)OCO2. The van der Waals surface area contributed by atoms with E-state index < -0.39 is 24.5 Å². The average molecular weight is 474 g/mol. The van der Waals surface area contributed by atoms with Gasteiger partial charge in [-0.15, -0.1) is 0 Å². The first-order chi connectivity index (χ1) is 17.2. The maximum atomic E-state index is 13.3. The Morgan fingerprint density at radius 2 is 1.94 bits per heavy atom. The molecule has 4 heterocycles. The topological polar surface area (TPSA) is 104 Å². The lowest BCUT2D eigenvalue weighted by molar-refractivity contribution is -0.137. The molecule has 2 aromatic heterocycles. The molecule has 3 aromatic rings. The van der Waals surface area contributed by atoms with E-state index in [0.717, 1.165) is 36.3 Å². The lowest BCUT2D eigenvalue weighted by atomic mass is 9.79. The molecule has 0 saturated heterocycles. The van der Waals surface area contributed by atoms with Gasteiger partial charge in [-0.1, -0.05) is 0 Å². The van der Waals surface area contributed by atoms with Gasteiger partial charge in [0, 0.05) is 5.92 Å². The quantitative estimate of drug-likeness (QED) is 0.499. The van der Waals surface area contributed by atoms with Crippen molar-refractivity contribution in [3.05, 3.63) is 77.6 Å². The van der Waals surface area contributed by atoms with E-state index in [9.17, 15) is 9.59 Å². The molecule has 1 fully saturated rings. The van der Waals surface area contributed by atoms with Gasteiger partial charge in [-0.25, -0.2) is 9.80 Å². The molecular weight excluding hydrogens is 452 g/mol. The summed E-state index contributed by atoms with van der Waals surface area (Å²) in [6.07, 6.45) is 7.83. The van der Waals surface area contributed by atoms with Crippen molar-refractivity contribution in [3.63, 3.8) is 0 Å². The van der Waals surface area contributed by atoms with Gasteiger partial charge in [0.25, 0.3) is 5.91 Å². The number of carbonyl (C=O) groups excluding carboxylic acids is 2. The number of carbonyl (C=O) groups is 2. The van der Waals surface area contributed by atoms with E-state index in [1.807, 2.05) is 24.3 Å². The molecule has 35 heavy (non-hydrogen) atoms. The lowest BCUT2D eigenvalue weighted by Gasteiger charge is -2.27. The summed E-state index contributed by atoms with van der Waals surface area (Å²) < 4.78 is 27.1. The first-order valence-corrected chi connectivity index (χ1v) is 11.4. The van der Waals surface area contributed by atoms with Crippen LogP contribution in [0.2, 0.25) is 0 Å². The fourth-order valence-corrected chi connectivity index (χ4v) is 4.79. The predicted octanol–water partition coefficient (Wildman–Crippen LogP) is 4.58. The molecule has 3 aliphatic rings. The molecule has 0 spiro atoms. The number of fused-ring (bicyclic) bond motifs is 2. The van der Waals surface area contributed by atoms with Crippen molar-refractivity contribution in [2.75, 3.05) is 13.4 Å². The number of rotatable bonds is 5. The monoisotopic (exact) mass is 474 g/mol. The second kappa shape index (κ2) is 8.83. The van der Waals surface area contributed by atoms with Crippen LogP contribution in [0.3, 0.4) is 0 Å². The Morgan fingerprint density at radius 3 is 2.77 bits per heavy atom. The van der Waals surface area contributed by atoms with Gasteiger partial charge in [-0.05, 0) is 73.4 Å². The molecule has 2 atom stereocenters. The van der Waals surface area contributed by atoms with E-state index in [1.165, 1.54) is 11.1 Å². The van der Waals surface area contributed by atoms with Crippen LogP contribution in [0.4, 0.5) is 0 Å². The van der Waals surface area contributed by atoms with E-state index >= 15 is 0 Å². The molecule has 0 N–H and O–H groups in total. The third kappa shape index (κ3) is 3.99. The molecule has 1 amide bonds. The second-order valence-corrected chi connectivity index (χ2v) is 8.51. The highest BCUT2D eigenvalue weighted by atomic mass is 16.7. The van der Waals surface area contributed by atoms with Gasteiger partial charge in [0.2, 0.25) is 6.79 Å². The zero-order valence-corrected chi connectivity index (χ0v) is 18.7. The Morgan fingerprint density at radius 1 is 1.09 bits per heavy atom. The molecule has 6 rings (SSSR count). The third-order valence-corrected chi connectivity index (χ3v) is 6.39. The molecular formula is C26H22N2O7. The molecule has 0 radical (unpaired) electrons. The number of ether oxygens (including phenoxy) is 3. The Hall–Kier alpha value is -4.27. The van der Waals surface area contributed by atoms with Gasteiger partial charge in [-0.3, -0.25) is 4.79 Å². The summed E-state index contributed by atoms with van der Waals surface area (Å²) in [6, 6.07) is 11.7. The average Bonchev–Trinajstić information content (AvgIpc) is 3.67.